The molecule has 0 aromatic heterocycles. The molecule has 2 aromatic rings. The number of rotatable bonds is 2. The van der Waals surface area contributed by atoms with E-state index in [0.29, 0.717) is 16.5 Å². The fourth-order valence-electron chi connectivity index (χ4n) is 1.22. The summed E-state index contributed by atoms with van der Waals surface area (Å²) in [4.78, 5) is 0. The van der Waals surface area contributed by atoms with Gasteiger partial charge in [0.05, 0.1) is 5.02 Å². The summed E-state index contributed by atoms with van der Waals surface area (Å²) in [6.45, 7) is 0. The number of nitrogen functional groups attached to an aromatic ring is 1. The highest BCUT2D eigenvalue weighted by atomic mass is 35.5. The average Bonchev–Trinajstić information content (AvgIpc) is 2.27. The van der Waals surface area contributed by atoms with Gasteiger partial charge in [0.2, 0.25) is 0 Å². The third kappa shape index (κ3) is 2.44. The van der Waals surface area contributed by atoms with Gasteiger partial charge in [-0.3, -0.25) is 0 Å². The standard InChI is InChI=1S/C12H9ClFNO/c13-11-6-1-8(14)7-12(11)16-10-4-2-9(15)3-5-10/h1-7H,15H2. The molecule has 2 aromatic carbocycles. The fourth-order valence-corrected chi connectivity index (χ4v) is 1.37. The molecule has 0 spiro atoms. The molecule has 0 heterocycles. The van der Waals surface area contributed by atoms with Crippen molar-refractivity contribution >= 4 is 17.3 Å². The Bertz CT molecular complexity index is 499. The van der Waals surface area contributed by atoms with E-state index in [1.165, 1.54) is 18.2 Å². The Morgan fingerprint density at radius 2 is 1.75 bits per heavy atom. The molecule has 0 amide bonds. The van der Waals surface area contributed by atoms with Gasteiger partial charge in [0, 0.05) is 11.8 Å². The average molecular weight is 238 g/mol. The lowest BCUT2D eigenvalue weighted by Crippen LogP contribution is -1.88. The van der Waals surface area contributed by atoms with Crippen LogP contribution in [-0.2, 0) is 0 Å². The summed E-state index contributed by atoms with van der Waals surface area (Å²) in [5.41, 5.74) is 6.17. The number of ether oxygens (including phenoxy) is 1. The second kappa shape index (κ2) is 4.41. The lowest BCUT2D eigenvalue weighted by atomic mass is 10.3. The van der Waals surface area contributed by atoms with Crippen LogP contribution in [0.5, 0.6) is 11.5 Å². The lowest BCUT2D eigenvalue weighted by molar-refractivity contribution is 0.477. The summed E-state index contributed by atoms with van der Waals surface area (Å²) in [5.74, 6) is 0.447. The third-order valence-electron chi connectivity index (χ3n) is 2.00. The minimum atomic E-state index is -0.394. The molecule has 0 radical (unpaired) electrons. The van der Waals surface area contributed by atoms with Gasteiger partial charge in [-0.25, -0.2) is 4.39 Å². The number of anilines is 1. The summed E-state index contributed by atoms with van der Waals surface area (Å²) in [6, 6.07) is 10.7. The normalized spacial score (nSPS) is 10.1. The van der Waals surface area contributed by atoms with E-state index in [-0.39, 0.29) is 5.75 Å². The van der Waals surface area contributed by atoms with Crippen LogP contribution in [0.4, 0.5) is 10.1 Å². The van der Waals surface area contributed by atoms with Crippen LogP contribution in [0.1, 0.15) is 0 Å². The van der Waals surface area contributed by atoms with Gasteiger partial charge >= 0.3 is 0 Å². The third-order valence-corrected chi connectivity index (χ3v) is 2.31. The SMILES string of the molecule is Nc1ccc(Oc2cc(F)ccc2Cl)cc1. The van der Waals surface area contributed by atoms with E-state index < -0.39 is 5.82 Å². The summed E-state index contributed by atoms with van der Waals surface area (Å²) in [7, 11) is 0. The molecule has 0 saturated carbocycles. The van der Waals surface area contributed by atoms with Crippen molar-refractivity contribution < 1.29 is 9.13 Å². The number of benzene rings is 2. The minimum Gasteiger partial charge on any atom is -0.456 e. The monoisotopic (exact) mass is 237 g/mol. The van der Waals surface area contributed by atoms with E-state index in [0.717, 1.165) is 0 Å². The van der Waals surface area contributed by atoms with Gasteiger partial charge in [0.25, 0.3) is 0 Å². The molecule has 4 heteroatoms. The first-order valence-electron chi connectivity index (χ1n) is 4.63. The van der Waals surface area contributed by atoms with Crippen LogP contribution in [-0.4, -0.2) is 0 Å². The van der Waals surface area contributed by atoms with E-state index in [4.69, 9.17) is 22.1 Å². The largest absolute Gasteiger partial charge is 0.456 e. The predicted molar refractivity (Wildman–Crippen MR) is 62.3 cm³/mol. The van der Waals surface area contributed by atoms with Crippen molar-refractivity contribution in [1.29, 1.82) is 0 Å². The van der Waals surface area contributed by atoms with Crippen LogP contribution in [0, 0.1) is 5.82 Å². The topological polar surface area (TPSA) is 35.2 Å². The van der Waals surface area contributed by atoms with E-state index in [2.05, 4.69) is 0 Å². The fraction of sp³-hybridized carbons (Fsp3) is 0. The van der Waals surface area contributed by atoms with Gasteiger partial charge in [-0.05, 0) is 36.4 Å². The van der Waals surface area contributed by atoms with Gasteiger partial charge in [-0.2, -0.15) is 0 Å². The van der Waals surface area contributed by atoms with E-state index in [9.17, 15) is 4.39 Å². The van der Waals surface area contributed by atoms with Crippen LogP contribution in [0.15, 0.2) is 42.5 Å². The van der Waals surface area contributed by atoms with Crippen LogP contribution in [0.25, 0.3) is 0 Å². The molecule has 0 unspecified atom stereocenters. The number of nitrogens with two attached hydrogens (primary N) is 1. The second-order valence-electron chi connectivity index (χ2n) is 3.25. The highest BCUT2D eigenvalue weighted by Crippen LogP contribution is 2.30. The van der Waals surface area contributed by atoms with Crippen molar-refractivity contribution in [3.05, 3.63) is 53.3 Å². The molecule has 0 bridgehead atoms. The van der Waals surface area contributed by atoms with Gasteiger partial charge in [-0.1, -0.05) is 11.6 Å². The van der Waals surface area contributed by atoms with Gasteiger partial charge in [-0.15, -0.1) is 0 Å². The molecule has 0 atom stereocenters. The molecular weight excluding hydrogens is 229 g/mol. The number of hydrogen-bond acceptors (Lipinski definition) is 2. The minimum absolute atomic E-state index is 0.284. The number of hydrogen-bond donors (Lipinski definition) is 1. The Balaban J connectivity index is 2.26. The predicted octanol–water partition coefficient (Wildman–Crippen LogP) is 3.85. The van der Waals surface area contributed by atoms with E-state index in [1.54, 1.807) is 24.3 Å². The van der Waals surface area contributed by atoms with Crippen molar-refractivity contribution in [3.63, 3.8) is 0 Å². The van der Waals surface area contributed by atoms with Gasteiger partial charge < -0.3 is 10.5 Å². The summed E-state index contributed by atoms with van der Waals surface area (Å²) in [5, 5.41) is 0.359. The summed E-state index contributed by atoms with van der Waals surface area (Å²) in [6.07, 6.45) is 0. The maximum absolute atomic E-state index is 13.0. The first-order chi connectivity index (χ1) is 7.65. The molecular formula is C12H9ClFNO. The zero-order valence-corrected chi connectivity index (χ0v) is 9.04. The van der Waals surface area contributed by atoms with Crippen molar-refractivity contribution in [3.8, 4) is 11.5 Å². The Hall–Kier alpha value is -1.74. The van der Waals surface area contributed by atoms with E-state index in [1.807, 2.05) is 0 Å². The molecule has 82 valence electrons. The Morgan fingerprint density at radius 3 is 2.44 bits per heavy atom. The van der Waals surface area contributed by atoms with Crippen LogP contribution in [0.3, 0.4) is 0 Å². The first kappa shape index (κ1) is 10.8. The van der Waals surface area contributed by atoms with Crippen LogP contribution < -0.4 is 10.5 Å². The molecule has 2 nitrogen and oxygen atoms in total. The van der Waals surface area contributed by atoms with Crippen molar-refractivity contribution in [1.82, 2.24) is 0 Å². The Labute approximate surface area is 97.4 Å². The van der Waals surface area contributed by atoms with Crippen molar-refractivity contribution in [2.24, 2.45) is 0 Å². The molecule has 0 saturated heterocycles. The molecule has 16 heavy (non-hydrogen) atoms. The van der Waals surface area contributed by atoms with Crippen molar-refractivity contribution in [2.45, 2.75) is 0 Å². The maximum atomic E-state index is 13.0. The first-order valence-corrected chi connectivity index (χ1v) is 5.01. The van der Waals surface area contributed by atoms with Gasteiger partial charge in [0.1, 0.15) is 17.3 Å². The highest BCUT2D eigenvalue weighted by molar-refractivity contribution is 6.32. The Morgan fingerprint density at radius 1 is 1.06 bits per heavy atom. The van der Waals surface area contributed by atoms with Crippen molar-refractivity contribution in [2.75, 3.05) is 5.73 Å². The molecule has 2 N–H and O–H groups in total. The second-order valence-corrected chi connectivity index (χ2v) is 3.65. The zero-order valence-electron chi connectivity index (χ0n) is 8.28. The highest BCUT2D eigenvalue weighted by Gasteiger charge is 2.04. The maximum Gasteiger partial charge on any atom is 0.148 e. The summed E-state index contributed by atoms with van der Waals surface area (Å²) < 4.78 is 18.4. The lowest BCUT2D eigenvalue weighted by Gasteiger charge is -2.07. The van der Waals surface area contributed by atoms with Gasteiger partial charge in [0.15, 0.2) is 0 Å². The molecule has 0 aliphatic carbocycles. The van der Waals surface area contributed by atoms with Crippen LogP contribution >= 0.6 is 11.6 Å². The number of halogens is 2. The molecule has 2 rings (SSSR count). The van der Waals surface area contributed by atoms with Crippen LogP contribution in [0.2, 0.25) is 5.02 Å². The molecule has 0 fully saturated rings. The Kier molecular flexibility index (Phi) is 2.97. The zero-order chi connectivity index (χ0) is 11.5. The quantitative estimate of drug-likeness (QED) is 0.805. The molecule has 0 aliphatic rings. The summed E-state index contributed by atoms with van der Waals surface area (Å²) >= 11 is 5.86. The smallest absolute Gasteiger partial charge is 0.148 e. The van der Waals surface area contributed by atoms with E-state index >= 15 is 0 Å². The molecule has 0 aliphatic heterocycles.